The second-order valence-electron chi connectivity index (χ2n) is 14.0. The second-order valence-corrected chi connectivity index (χ2v) is 14.0. The highest BCUT2D eigenvalue weighted by atomic mass is 16.5. The highest BCUT2D eigenvalue weighted by Gasteiger charge is 2.21. The summed E-state index contributed by atoms with van der Waals surface area (Å²) in [6.45, 7) is 17.5. The van der Waals surface area contributed by atoms with Gasteiger partial charge in [-0.1, -0.05) is 0 Å². The van der Waals surface area contributed by atoms with Crippen LogP contribution in [0.4, 0.5) is 0 Å². The van der Waals surface area contributed by atoms with Gasteiger partial charge in [-0.15, -0.1) is 0 Å². The summed E-state index contributed by atoms with van der Waals surface area (Å²) in [6.07, 6.45) is 0. The molecule has 0 spiro atoms. The number of carbonyl (C=O) groups is 3. The maximum atomic E-state index is 13.7. The van der Waals surface area contributed by atoms with E-state index in [1.165, 1.54) is 0 Å². The molecule has 0 atom stereocenters. The monoisotopic (exact) mass is 606 g/mol. The summed E-state index contributed by atoms with van der Waals surface area (Å²) in [7, 11) is 0. The third-order valence-corrected chi connectivity index (χ3v) is 6.34. The molecule has 4 aromatic rings. The molecule has 0 N–H and O–H groups in total. The quantitative estimate of drug-likeness (QED) is 0.177. The minimum atomic E-state index is -0.385. The van der Waals surface area contributed by atoms with Crippen LogP contribution < -0.4 is 14.2 Å². The van der Waals surface area contributed by atoms with Crippen molar-refractivity contribution >= 4 is 17.3 Å². The van der Waals surface area contributed by atoms with E-state index in [-0.39, 0.29) is 50.8 Å². The molecule has 0 bridgehead atoms. The van der Waals surface area contributed by atoms with Gasteiger partial charge in [0.15, 0.2) is 17.3 Å². The first-order chi connectivity index (χ1) is 20.9. The number of hydrogen-bond donors (Lipinski definition) is 0. The van der Waals surface area contributed by atoms with Gasteiger partial charge in [-0.05, 0) is 153 Å². The largest absolute Gasteiger partial charge is 0.488 e. The van der Waals surface area contributed by atoms with Gasteiger partial charge in [0.1, 0.15) is 34.1 Å². The number of hydrogen-bond acceptors (Lipinski definition) is 6. The molecule has 0 radical (unpaired) electrons. The van der Waals surface area contributed by atoms with Gasteiger partial charge in [-0.25, -0.2) is 0 Å². The Morgan fingerprint density at radius 2 is 0.556 bits per heavy atom. The van der Waals surface area contributed by atoms with Gasteiger partial charge in [0.2, 0.25) is 0 Å². The smallest absolute Gasteiger partial charge is 0.193 e. The number of ketones is 3. The molecule has 0 saturated heterocycles. The first kappa shape index (κ1) is 33.2. The lowest BCUT2D eigenvalue weighted by Crippen LogP contribution is -2.22. The standard InChI is InChI=1S/C39H42O6/c1-37(2,3)43-31-16-10-25(11-17-31)34(40)28-22-29(35(41)26-12-18-32(19-13-26)44-38(4,5)6)24-30(23-28)36(42)27-14-20-33(21-15-27)45-39(7,8)9/h10-24H,1-9H3. The summed E-state index contributed by atoms with van der Waals surface area (Å²) in [5.74, 6) is 0.960. The van der Waals surface area contributed by atoms with Gasteiger partial charge < -0.3 is 14.2 Å². The SMILES string of the molecule is CC(C)(C)Oc1ccc(C(=O)c2cc(C(=O)c3ccc(OC(C)(C)C)cc3)cc(C(=O)c3ccc(OC(C)(C)C)cc3)c2)cc1. The van der Waals surface area contributed by atoms with Crippen LogP contribution in [0.1, 0.15) is 110 Å². The number of ether oxygens (including phenoxy) is 3. The van der Waals surface area contributed by atoms with Gasteiger partial charge >= 0.3 is 0 Å². The molecule has 0 heterocycles. The second kappa shape index (κ2) is 12.7. The van der Waals surface area contributed by atoms with E-state index in [2.05, 4.69) is 0 Å². The Bertz CT molecular complexity index is 1460. The maximum Gasteiger partial charge on any atom is 0.193 e. The highest BCUT2D eigenvalue weighted by Crippen LogP contribution is 2.26. The van der Waals surface area contributed by atoms with Crippen LogP contribution in [0.2, 0.25) is 0 Å². The zero-order valence-corrected chi connectivity index (χ0v) is 27.6. The van der Waals surface area contributed by atoms with Gasteiger partial charge in [-0.3, -0.25) is 14.4 Å². The molecule has 6 nitrogen and oxygen atoms in total. The molecule has 6 heteroatoms. The highest BCUT2D eigenvalue weighted by molar-refractivity contribution is 6.17. The van der Waals surface area contributed by atoms with E-state index in [4.69, 9.17) is 14.2 Å². The van der Waals surface area contributed by atoms with E-state index < -0.39 is 0 Å². The van der Waals surface area contributed by atoms with Crippen LogP contribution in [-0.4, -0.2) is 34.2 Å². The molecular formula is C39H42O6. The van der Waals surface area contributed by atoms with Crippen molar-refractivity contribution in [2.75, 3.05) is 0 Å². The van der Waals surface area contributed by atoms with Crippen LogP contribution in [-0.2, 0) is 0 Å². The van der Waals surface area contributed by atoms with Crippen molar-refractivity contribution in [1.29, 1.82) is 0 Å². The van der Waals surface area contributed by atoms with E-state index in [0.29, 0.717) is 33.9 Å². The van der Waals surface area contributed by atoms with Crippen molar-refractivity contribution in [3.8, 4) is 17.2 Å². The minimum Gasteiger partial charge on any atom is -0.488 e. The van der Waals surface area contributed by atoms with Crippen LogP contribution in [0, 0.1) is 0 Å². The van der Waals surface area contributed by atoms with Crippen LogP contribution in [0.25, 0.3) is 0 Å². The fourth-order valence-corrected chi connectivity index (χ4v) is 4.60. The average Bonchev–Trinajstić information content (AvgIpc) is 2.94. The molecule has 0 saturated carbocycles. The Hall–Kier alpha value is -4.71. The number of rotatable bonds is 9. The molecule has 4 rings (SSSR count). The number of benzene rings is 4. The van der Waals surface area contributed by atoms with E-state index in [9.17, 15) is 14.4 Å². The van der Waals surface area contributed by atoms with Crippen molar-refractivity contribution < 1.29 is 28.6 Å². The predicted octanol–water partition coefficient (Wildman–Crippen LogP) is 8.91. The summed E-state index contributed by atoms with van der Waals surface area (Å²) < 4.78 is 17.7. The van der Waals surface area contributed by atoms with Gasteiger partial charge in [0.05, 0.1) is 0 Å². The van der Waals surface area contributed by atoms with Crippen molar-refractivity contribution in [1.82, 2.24) is 0 Å². The van der Waals surface area contributed by atoms with Crippen molar-refractivity contribution in [2.24, 2.45) is 0 Å². The fraction of sp³-hybridized carbons (Fsp3) is 0.308. The third-order valence-electron chi connectivity index (χ3n) is 6.34. The first-order valence-electron chi connectivity index (χ1n) is 15.0. The van der Waals surface area contributed by atoms with E-state index in [1.54, 1.807) is 91.0 Å². The molecule has 0 fully saturated rings. The lowest BCUT2D eigenvalue weighted by atomic mass is 9.92. The van der Waals surface area contributed by atoms with Gasteiger partial charge in [-0.2, -0.15) is 0 Å². The summed E-state index contributed by atoms with van der Waals surface area (Å²) in [5, 5.41) is 0. The summed E-state index contributed by atoms with van der Waals surface area (Å²) in [6, 6.07) is 25.1. The maximum absolute atomic E-state index is 13.7. The third kappa shape index (κ3) is 9.39. The fourth-order valence-electron chi connectivity index (χ4n) is 4.60. The molecule has 4 aromatic carbocycles. The summed E-state index contributed by atoms with van der Waals surface area (Å²) in [5.41, 5.74) is 0.763. The Balaban J connectivity index is 1.71. The zero-order chi connectivity index (χ0) is 33.2. The molecule has 0 aromatic heterocycles. The van der Waals surface area contributed by atoms with Crippen molar-refractivity contribution in [3.05, 3.63) is 124 Å². The van der Waals surface area contributed by atoms with Gasteiger partial charge in [0, 0.05) is 33.4 Å². The molecule has 234 valence electrons. The topological polar surface area (TPSA) is 78.9 Å². The molecule has 0 aliphatic carbocycles. The number of carbonyl (C=O) groups excluding carboxylic acids is 3. The van der Waals surface area contributed by atoms with Crippen molar-refractivity contribution in [2.45, 2.75) is 79.1 Å². The van der Waals surface area contributed by atoms with E-state index >= 15 is 0 Å². The Kier molecular flexibility index (Phi) is 9.38. The minimum absolute atomic E-state index is 0.231. The molecule has 0 aliphatic rings. The normalized spacial score (nSPS) is 11.9. The molecule has 0 unspecified atom stereocenters. The molecule has 0 amide bonds. The zero-order valence-electron chi connectivity index (χ0n) is 27.6. The van der Waals surface area contributed by atoms with Crippen molar-refractivity contribution in [3.63, 3.8) is 0 Å². The lowest BCUT2D eigenvalue weighted by Gasteiger charge is -2.21. The van der Waals surface area contributed by atoms with Crippen LogP contribution in [0.15, 0.2) is 91.0 Å². The lowest BCUT2D eigenvalue weighted by molar-refractivity contribution is 0.103. The van der Waals surface area contributed by atoms with Crippen LogP contribution in [0.5, 0.6) is 17.2 Å². The Morgan fingerprint density at radius 3 is 0.733 bits per heavy atom. The van der Waals surface area contributed by atoms with Gasteiger partial charge in [0.25, 0.3) is 0 Å². The van der Waals surface area contributed by atoms with E-state index in [0.717, 1.165) is 0 Å². The Morgan fingerprint density at radius 1 is 0.356 bits per heavy atom. The molecule has 0 aliphatic heterocycles. The van der Waals surface area contributed by atoms with Crippen LogP contribution in [0.3, 0.4) is 0 Å². The van der Waals surface area contributed by atoms with E-state index in [1.807, 2.05) is 62.3 Å². The predicted molar refractivity (Wildman–Crippen MR) is 177 cm³/mol. The summed E-state index contributed by atoms with van der Waals surface area (Å²) in [4.78, 5) is 41.2. The average molecular weight is 607 g/mol. The first-order valence-corrected chi connectivity index (χ1v) is 15.0. The molecule has 45 heavy (non-hydrogen) atoms. The summed E-state index contributed by atoms with van der Waals surface area (Å²) >= 11 is 0. The Labute approximate surface area is 266 Å². The molecular weight excluding hydrogens is 564 g/mol. The van der Waals surface area contributed by atoms with Crippen LogP contribution >= 0.6 is 0 Å².